The van der Waals surface area contributed by atoms with E-state index in [0.717, 1.165) is 21.4 Å². The minimum Gasteiger partial charge on any atom is -0.339 e. The summed E-state index contributed by atoms with van der Waals surface area (Å²) in [4.78, 5) is 0. The number of fused-ring (bicyclic) bond motifs is 1. The predicted octanol–water partition coefficient (Wildman–Crippen LogP) is 4.74. The van der Waals surface area contributed by atoms with E-state index in [2.05, 4.69) is 0 Å². The largest absolute Gasteiger partial charge is 0.431 e. The molecular formula is C17H11F3N2. The van der Waals surface area contributed by atoms with Gasteiger partial charge in [-0.25, -0.2) is 0 Å². The zero-order valence-corrected chi connectivity index (χ0v) is 11.6. The van der Waals surface area contributed by atoms with Gasteiger partial charge >= 0.3 is 6.18 Å². The number of hydrogen-bond donors (Lipinski definition) is 0. The minimum absolute atomic E-state index is 0.0186. The molecule has 0 saturated heterocycles. The molecule has 22 heavy (non-hydrogen) atoms. The summed E-state index contributed by atoms with van der Waals surface area (Å²) in [6.07, 6.45) is -4.49. The topological polar surface area (TPSA) is 28.7 Å². The Labute approximate surface area is 125 Å². The smallest absolute Gasteiger partial charge is 0.339 e. The third kappa shape index (κ3) is 2.23. The molecule has 3 aromatic rings. The molecule has 2 nitrogen and oxygen atoms in total. The number of nitrogens with zero attached hydrogens (tertiary/aromatic N) is 2. The quantitative estimate of drug-likeness (QED) is 0.638. The summed E-state index contributed by atoms with van der Waals surface area (Å²) < 4.78 is 40.1. The molecule has 0 bridgehead atoms. The Morgan fingerprint density at radius 3 is 2.32 bits per heavy atom. The van der Waals surface area contributed by atoms with Gasteiger partial charge in [0.2, 0.25) is 0 Å². The minimum atomic E-state index is -4.49. The standard InChI is InChI=1S/C17H11F3N2/c1-22-15(17(18,19)20)9-14(10-21)16(22)13-7-6-11-4-2-3-5-12(11)8-13/h2-9H,1H3. The first kappa shape index (κ1) is 14.2. The van der Waals surface area contributed by atoms with Gasteiger partial charge in [0, 0.05) is 12.6 Å². The van der Waals surface area contributed by atoms with Crippen LogP contribution >= 0.6 is 0 Å². The second kappa shape index (κ2) is 4.92. The van der Waals surface area contributed by atoms with Gasteiger partial charge < -0.3 is 4.57 Å². The van der Waals surface area contributed by atoms with E-state index < -0.39 is 11.9 Å². The highest BCUT2D eigenvalue weighted by Crippen LogP contribution is 2.36. The van der Waals surface area contributed by atoms with Crippen molar-refractivity contribution in [3.05, 3.63) is 59.8 Å². The Kier molecular flexibility index (Phi) is 3.18. The number of rotatable bonds is 1. The predicted molar refractivity (Wildman–Crippen MR) is 78.1 cm³/mol. The number of benzene rings is 2. The van der Waals surface area contributed by atoms with Crippen molar-refractivity contribution in [2.45, 2.75) is 6.18 Å². The number of hydrogen-bond acceptors (Lipinski definition) is 1. The molecule has 0 unspecified atom stereocenters. The van der Waals surface area contributed by atoms with Crippen LogP contribution in [0.2, 0.25) is 0 Å². The molecule has 0 aliphatic rings. The first-order valence-corrected chi connectivity index (χ1v) is 6.58. The van der Waals surface area contributed by atoms with Crippen molar-refractivity contribution < 1.29 is 13.2 Å². The summed E-state index contributed by atoms with van der Waals surface area (Å²) in [6, 6.07) is 15.7. The van der Waals surface area contributed by atoms with Crippen molar-refractivity contribution in [2.24, 2.45) is 7.05 Å². The molecule has 0 fully saturated rings. The first-order valence-electron chi connectivity index (χ1n) is 6.58. The molecule has 0 radical (unpaired) electrons. The van der Waals surface area contributed by atoms with Crippen LogP contribution < -0.4 is 0 Å². The van der Waals surface area contributed by atoms with Crippen LogP contribution in [0.1, 0.15) is 11.3 Å². The molecule has 0 aliphatic heterocycles. The van der Waals surface area contributed by atoms with Gasteiger partial charge in [0.05, 0.1) is 11.3 Å². The first-order chi connectivity index (χ1) is 10.4. The summed E-state index contributed by atoms with van der Waals surface area (Å²) in [5.41, 5.74) is 0.0612. The number of nitriles is 1. The Balaban J connectivity index is 2.26. The third-order valence-electron chi connectivity index (χ3n) is 3.67. The van der Waals surface area contributed by atoms with Crippen LogP contribution in [-0.4, -0.2) is 4.57 Å². The SMILES string of the molecule is Cn1c(C(F)(F)F)cc(C#N)c1-c1ccc2ccccc2c1. The van der Waals surface area contributed by atoms with Gasteiger partial charge in [0.1, 0.15) is 11.8 Å². The third-order valence-corrected chi connectivity index (χ3v) is 3.67. The van der Waals surface area contributed by atoms with Gasteiger partial charge in [-0.05, 0) is 22.9 Å². The number of halogens is 3. The molecule has 0 saturated carbocycles. The van der Waals surface area contributed by atoms with E-state index in [-0.39, 0.29) is 11.3 Å². The fourth-order valence-corrected chi connectivity index (χ4v) is 2.65. The van der Waals surface area contributed by atoms with Gasteiger partial charge in [-0.15, -0.1) is 0 Å². The molecule has 0 N–H and O–H groups in total. The Morgan fingerprint density at radius 1 is 1.00 bits per heavy atom. The normalized spacial score (nSPS) is 11.6. The highest BCUT2D eigenvalue weighted by Gasteiger charge is 2.36. The summed E-state index contributed by atoms with van der Waals surface area (Å²) in [6.45, 7) is 0. The molecule has 0 aliphatic carbocycles. The molecule has 0 atom stereocenters. The van der Waals surface area contributed by atoms with Crippen LogP contribution in [0.15, 0.2) is 48.5 Å². The molecule has 2 aromatic carbocycles. The molecule has 110 valence electrons. The van der Waals surface area contributed by atoms with Gasteiger partial charge in [-0.3, -0.25) is 0 Å². The molecule has 0 amide bonds. The lowest BCUT2D eigenvalue weighted by Crippen LogP contribution is -2.11. The number of aromatic nitrogens is 1. The van der Waals surface area contributed by atoms with E-state index in [1.807, 2.05) is 36.4 Å². The maximum atomic E-state index is 13.0. The lowest BCUT2D eigenvalue weighted by molar-refractivity contribution is -0.143. The van der Waals surface area contributed by atoms with E-state index in [0.29, 0.717) is 5.56 Å². The van der Waals surface area contributed by atoms with Gasteiger partial charge in [-0.1, -0.05) is 36.4 Å². The molecule has 1 heterocycles. The summed E-state index contributed by atoms with van der Waals surface area (Å²) in [7, 11) is 1.33. The molecule has 3 rings (SSSR count). The van der Waals surface area contributed by atoms with Crippen molar-refractivity contribution >= 4 is 10.8 Å². The van der Waals surface area contributed by atoms with Crippen LogP contribution in [0, 0.1) is 11.3 Å². The monoisotopic (exact) mass is 300 g/mol. The molecule has 0 spiro atoms. The lowest BCUT2D eigenvalue weighted by Gasteiger charge is -2.11. The molecule has 1 aromatic heterocycles. The summed E-state index contributed by atoms with van der Waals surface area (Å²) in [5, 5.41) is 11.1. The average molecular weight is 300 g/mol. The van der Waals surface area contributed by atoms with Crippen molar-refractivity contribution in [2.75, 3.05) is 0 Å². The molecular weight excluding hydrogens is 289 g/mol. The van der Waals surface area contributed by atoms with Crippen molar-refractivity contribution in [1.82, 2.24) is 4.57 Å². The average Bonchev–Trinajstić information content (AvgIpc) is 2.83. The zero-order valence-electron chi connectivity index (χ0n) is 11.6. The van der Waals surface area contributed by atoms with Crippen LogP contribution in [0.3, 0.4) is 0 Å². The van der Waals surface area contributed by atoms with E-state index in [1.54, 1.807) is 12.1 Å². The van der Waals surface area contributed by atoms with Crippen LogP contribution in [0.25, 0.3) is 22.0 Å². The maximum Gasteiger partial charge on any atom is 0.431 e. The Morgan fingerprint density at radius 2 is 1.68 bits per heavy atom. The maximum absolute atomic E-state index is 13.0. The van der Waals surface area contributed by atoms with Crippen LogP contribution in [0.5, 0.6) is 0 Å². The van der Waals surface area contributed by atoms with E-state index in [1.165, 1.54) is 7.05 Å². The second-order valence-electron chi connectivity index (χ2n) is 5.02. The lowest BCUT2D eigenvalue weighted by atomic mass is 10.0. The summed E-state index contributed by atoms with van der Waals surface area (Å²) in [5.74, 6) is 0. The van der Waals surface area contributed by atoms with Gasteiger partial charge in [0.15, 0.2) is 0 Å². The molecule has 5 heteroatoms. The van der Waals surface area contributed by atoms with Crippen molar-refractivity contribution in [1.29, 1.82) is 5.26 Å². The van der Waals surface area contributed by atoms with Crippen molar-refractivity contribution in [3.63, 3.8) is 0 Å². The number of alkyl halides is 3. The summed E-state index contributed by atoms with van der Waals surface area (Å²) >= 11 is 0. The highest BCUT2D eigenvalue weighted by atomic mass is 19.4. The highest BCUT2D eigenvalue weighted by molar-refractivity contribution is 5.87. The van der Waals surface area contributed by atoms with Crippen LogP contribution in [-0.2, 0) is 13.2 Å². The van der Waals surface area contributed by atoms with Gasteiger partial charge in [0.25, 0.3) is 0 Å². The van der Waals surface area contributed by atoms with Gasteiger partial charge in [-0.2, -0.15) is 18.4 Å². The van der Waals surface area contributed by atoms with Crippen molar-refractivity contribution in [3.8, 4) is 17.3 Å². The fraction of sp³-hybridized carbons (Fsp3) is 0.118. The Hall–Kier alpha value is -2.74. The van der Waals surface area contributed by atoms with E-state index in [4.69, 9.17) is 5.26 Å². The van der Waals surface area contributed by atoms with E-state index >= 15 is 0 Å². The zero-order chi connectivity index (χ0) is 15.9. The Bertz CT molecular complexity index is 898. The van der Waals surface area contributed by atoms with E-state index in [9.17, 15) is 13.2 Å². The van der Waals surface area contributed by atoms with Crippen LogP contribution in [0.4, 0.5) is 13.2 Å². The second-order valence-corrected chi connectivity index (χ2v) is 5.02. The fourth-order valence-electron chi connectivity index (χ4n) is 2.65.